The molecule has 4 aliphatic rings. The number of aliphatic hydroxyl groups excluding tert-OH is 4. The van der Waals surface area contributed by atoms with Gasteiger partial charge >= 0.3 is 5.97 Å². The fourth-order valence-electron chi connectivity index (χ4n) is 12.9. The summed E-state index contributed by atoms with van der Waals surface area (Å²) >= 11 is 1.04. The van der Waals surface area contributed by atoms with Crippen molar-refractivity contribution < 1.29 is 87.4 Å². The van der Waals surface area contributed by atoms with Gasteiger partial charge in [-0.15, -0.1) is 11.3 Å². The van der Waals surface area contributed by atoms with E-state index in [1.54, 1.807) is 47.7 Å². The minimum absolute atomic E-state index is 0.00458. The van der Waals surface area contributed by atoms with Crippen molar-refractivity contribution in [3.8, 4) is 5.75 Å². The lowest BCUT2D eigenvalue weighted by atomic mass is 9.83. The number of aromatic nitrogens is 1. The fraction of sp³-hybridized carbons (Fsp3) is 0.676. The zero-order valence-electron chi connectivity index (χ0n) is 57.2. The number of rotatable bonds is 35. The monoisotopic (exact) mass is 1360 g/mol. The Morgan fingerprint density at radius 1 is 0.823 bits per heavy atom. The lowest BCUT2D eigenvalue weighted by Gasteiger charge is -2.39. The van der Waals surface area contributed by atoms with Crippen LogP contribution in [0.2, 0.25) is 0 Å². The number of ether oxygens (including phenoxy) is 3. The maximum Gasteiger partial charge on any atom is 0.303 e. The minimum Gasteiger partial charge on any atom is -0.462 e. The van der Waals surface area contributed by atoms with Gasteiger partial charge in [-0.2, -0.15) is 0 Å². The van der Waals surface area contributed by atoms with Gasteiger partial charge in [-0.05, 0) is 87.6 Å². The molecule has 1 aromatic heterocycles. The predicted molar refractivity (Wildman–Crippen MR) is 352 cm³/mol. The van der Waals surface area contributed by atoms with Gasteiger partial charge in [0.15, 0.2) is 17.7 Å². The molecule has 13 atom stereocenters. The third kappa shape index (κ3) is 21.0. The first-order valence-corrected chi connectivity index (χ1v) is 34.5. The summed E-state index contributed by atoms with van der Waals surface area (Å²) in [5, 5.41) is 45.8. The van der Waals surface area contributed by atoms with E-state index < -0.39 is 133 Å². The number of nitrogens with one attached hydrogen (secondary N) is 1. The number of piperidine rings is 1. The number of amides is 8. The van der Waals surface area contributed by atoms with Gasteiger partial charge in [-0.1, -0.05) is 72.9 Å². The van der Waals surface area contributed by atoms with Crippen LogP contribution in [-0.2, 0) is 63.8 Å². The number of carbonyl (C=O) groups excluding carboxylic acids is 11. The van der Waals surface area contributed by atoms with E-state index in [9.17, 15) is 68.4 Å². The van der Waals surface area contributed by atoms with Gasteiger partial charge in [0, 0.05) is 121 Å². The Morgan fingerprint density at radius 2 is 1.48 bits per heavy atom. The number of nitrogens with zero attached hydrogens (tertiary/aromatic N) is 7. The number of nitrogens with two attached hydrogens (primary N) is 1. The lowest BCUT2D eigenvalue weighted by Crippen LogP contribution is -2.60. The molecule has 8 amide bonds. The van der Waals surface area contributed by atoms with E-state index in [4.69, 9.17) is 24.9 Å². The maximum absolute atomic E-state index is 15.3. The summed E-state index contributed by atoms with van der Waals surface area (Å²) in [6, 6.07) is 2.94. The number of likely N-dealkylation sites (N-methyl/N-ethyl adjacent to an activating group) is 2. The van der Waals surface area contributed by atoms with Crippen LogP contribution in [0.4, 0.5) is 0 Å². The number of piperazine rings is 1. The van der Waals surface area contributed by atoms with Crippen molar-refractivity contribution >= 4 is 76.1 Å². The average molecular weight is 1360 g/mol. The predicted octanol–water partition coefficient (Wildman–Crippen LogP) is 2.73. The molecule has 0 aliphatic carbocycles. The molecule has 7 N–H and O–H groups in total. The zero-order valence-corrected chi connectivity index (χ0v) is 58.0. The molecule has 2 aromatic rings. The molecule has 28 heteroatoms. The summed E-state index contributed by atoms with van der Waals surface area (Å²) in [6.07, 6.45) is -2.67. The Hall–Kier alpha value is -7.08. The second-order valence-corrected chi connectivity index (χ2v) is 27.6. The number of hydrogen-bond donors (Lipinski definition) is 6. The van der Waals surface area contributed by atoms with Crippen molar-refractivity contribution in [1.82, 2.24) is 39.7 Å². The van der Waals surface area contributed by atoms with Gasteiger partial charge < -0.3 is 65.3 Å². The molecule has 3 saturated heterocycles. The molecule has 0 spiro atoms. The summed E-state index contributed by atoms with van der Waals surface area (Å²) < 4.78 is 17.3. The number of likely N-dealkylation sites (tertiary alicyclic amines) is 1. The van der Waals surface area contributed by atoms with E-state index in [-0.39, 0.29) is 142 Å². The van der Waals surface area contributed by atoms with Crippen molar-refractivity contribution in [2.45, 2.75) is 199 Å². The van der Waals surface area contributed by atoms with Crippen molar-refractivity contribution in [3.05, 3.63) is 58.1 Å². The average Bonchev–Trinajstić information content (AvgIpc) is 1.15. The van der Waals surface area contributed by atoms with E-state index in [1.165, 1.54) is 48.5 Å². The highest BCUT2D eigenvalue weighted by atomic mass is 32.1. The third-order valence-corrected chi connectivity index (χ3v) is 20.0. The highest BCUT2D eigenvalue weighted by Gasteiger charge is 2.45. The zero-order chi connectivity index (χ0) is 70.8. The van der Waals surface area contributed by atoms with Gasteiger partial charge in [0.1, 0.15) is 46.9 Å². The highest BCUT2D eigenvalue weighted by Crippen LogP contribution is 2.34. The number of primary amides is 1. The second kappa shape index (κ2) is 36.5. The van der Waals surface area contributed by atoms with Crippen molar-refractivity contribution in [1.29, 1.82) is 0 Å². The number of esters is 1. The smallest absolute Gasteiger partial charge is 0.303 e. The van der Waals surface area contributed by atoms with Gasteiger partial charge in [-0.25, -0.2) is 4.98 Å². The molecule has 27 nitrogen and oxygen atoms in total. The summed E-state index contributed by atoms with van der Waals surface area (Å²) in [5.41, 5.74) is 5.85. The van der Waals surface area contributed by atoms with E-state index in [0.29, 0.717) is 12.0 Å². The number of imide groups is 1. The Kier molecular flexibility index (Phi) is 29.6. The number of hydrogen-bond acceptors (Lipinski definition) is 21. The number of unbranched alkanes of at least 4 members (excludes halogenated alkanes) is 1. The minimum atomic E-state index is -1.71. The van der Waals surface area contributed by atoms with Gasteiger partial charge in [0.25, 0.3) is 17.7 Å². The summed E-state index contributed by atoms with van der Waals surface area (Å²) in [6.45, 7) is 13.5. The highest BCUT2D eigenvalue weighted by molar-refractivity contribution is 7.09. The molecule has 6 rings (SSSR count). The van der Waals surface area contributed by atoms with Crippen LogP contribution in [0.15, 0.2) is 41.8 Å². The molecule has 1 aromatic carbocycles. The first-order chi connectivity index (χ1) is 45.5. The molecular formula is C68H101N9O18S. The van der Waals surface area contributed by atoms with Gasteiger partial charge in [-0.3, -0.25) is 62.5 Å². The standard InChI is InChI=1S/C68H101N9O18S/c1-11-41(6)46(35-52(81)48-18-14-15-27-72(48)8)65(90)73(9)49(39(2)3)36-53(93-42(7)79)64-70-47(38-96-64)66(91)74(10)50(33-43-21-23-45(24-22-43)94-68-62(88)61(87)60(86)54(37-78)95-68)51(80)34-44(17-12-13-19-55(69)82)63(89)71-59(40(4)5)67(92)76-31-29-75(30-32-76)56(83)20-16-28-77-57(84)25-26-58(77)85/h21-26,38-41,44,46,48-50,53-54,59-62,68,78,86-88H,11-20,27-37H2,1-10H3,(H2,69,82)(H,71,89)/t41-,44+,46?,48+,49+,50-,53+,54?,59-,60?,61?,62?,68?/m0/s1. The molecule has 0 radical (unpaired) electrons. The summed E-state index contributed by atoms with van der Waals surface area (Å²) in [5.74, 6) is -7.17. The number of Topliss-reactive ketones (excluding diaryl/α,β-unsaturated/α-hetero) is 2. The Labute approximate surface area is 566 Å². The van der Waals surface area contributed by atoms with E-state index in [1.807, 2.05) is 34.7 Å². The Morgan fingerprint density at radius 3 is 2.07 bits per heavy atom. The molecular weight excluding hydrogens is 1260 g/mol. The Bertz CT molecular complexity index is 3040. The molecule has 4 aliphatic heterocycles. The molecule has 96 heavy (non-hydrogen) atoms. The van der Waals surface area contributed by atoms with Crippen LogP contribution in [0.1, 0.15) is 159 Å². The van der Waals surface area contributed by atoms with E-state index in [0.717, 1.165) is 42.0 Å². The van der Waals surface area contributed by atoms with Gasteiger partial charge in [0.2, 0.25) is 35.8 Å². The number of thiazole rings is 1. The number of ketones is 2. The largest absolute Gasteiger partial charge is 0.462 e. The molecule has 5 heterocycles. The third-order valence-electron chi connectivity index (χ3n) is 19.1. The summed E-state index contributed by atoms with van der Waals surface area (Å²) in [4.78, 5) is 164. The van der Waals surface area contributed by atoms with Crippen LogP contribution in [0.3, 0.4) is 0 Å². The molecule has 6 unspecified atom stereocenters. The lowest BCUT2D eigenvalue weighted by molar-refractivity contribution is -0.277. The van der Waals surface area contributed by atoms with Crippen molar-refractivity contribution in [2.24, 2.45) is 35.3 Å². The second-order valence-electron chi connectivity index (χ2n) is 26.7. The quantitative estimate of drug-likeness (QED) is 0.0328. The fourth-order valence-corrected chi connectivity index (χ4v) is 13.7. The Balaban J connectivity index is 1.24. The molecule has 3 fully saturated rings. The molecule has 532 valence electrons. The number of aliphatic hydroxyl groups is 4. The first-order valence-electron chi connectivity index (χ1n) is 33.6. The van der Waals surface area contributed by atoms with Crippen LogP contribution < -0.4 is 15.8 Å². The number of benzene rings is 1. The number of carbonyl (C=O) groups is 11. The molecule has 0 saturated carbocycles. The van der Waals surface area contributed by atoms with Crippen LogP contribution in [0.5, 0.6) is 5.75 Å². The van der Waals surface area contributed by atoms with Crippen LogP contribution in [0.25, 0.3) is 0 Å². The topological polar surface area (TPSA) is 367 Å². The SMILES string of the molecule is CC[C@H](C)C(CC(=O)[C@H]1CCCCN1C)C(=O)N(C)[C@H](C[C@@H](OC(C)=O)c1nc(C(=O)N(C)[C@@H](Cc2ccc(OC3OC(CO)C(O)C(O)C3O)cc2)C(=O)C[C@@H](CCCCC(N)=O)C(=O)N[C@H](C(=O)N2CCN(C(=O)CCCN3C(=O)C=CC3=O)CC2)C(C)C)cs1)C(C)C. The van der Waals surface area contributed by atoms with Crippen molar-refractivity contribution in [3.63, 3.8) is 0 Å². The first kappa shape index (κ1) is 77.9. The summed E-state index contributed by atoms with van der Waals surface area (Å²) in [7, 11) is 5.04. The maximum atomic E-state index is 15.3. The molecule has 0 bridgehead atoms. The normalized spacial score (nSPS) is 22.2. The van der Waals surface area contributed by atoms with E-state index in [2.05, 4.69) is 10.2 Å². The van der Waals surface area contributed by atoms with Crippen LogP contribution in [-0.4, -0.2) is 241 Å². The van der Waals surface area contributed by atoms with E-state index >= 15 is 4.79 Å². The van der Waals surface area contributed by atoms with Gasteiger partial charge in [0.05, 0.1) is 18.7 Å². The van der Waals surface area contributed by atoms with Crippen LogP contribution >= 0.6 is 11.3 Å². The van der Waals surface area contributed by atoms with Crippen LogP contribution in [0, 0.1) is 29.6 Å². The van der Waals surface area contributed by atoms with Crippen molar-refractivity contribution in [2.75, 3.05) is 67.0 Å².